The summed E-state index contributed by atoms with van der Waals surface area (Å²) in [5, 5.41) is 2.97. The van der Waals surface area contributed by atoms with Crippen LogP contribution in [0.1, 0.15) is 29.2 Å². The number of anilines is 1. The summed E-state index contributed by atoms with van der Waals surface area (Å²) in [7, 11) is 0. The fourth-order valence-corrected chi connectivity index (χ4v) is 1.86. The Kier molecular flexibility index (Phi) is 3.54. The van der Waals surface area contributed by atoms with Gasteiger partial charge in [0.05, 0.1) is 6.04 Å². The number of carbonyl (C=O) groups excluding carboxylic acids is 2. The number of aryl methyl sites for hydroxylation is 1. The van der Waals surface area contributed by atoms with E-state index >= 15 is 0 Å². The third-order valence-corrected chi connectivity index (χ3v) is 2.66. The molecule has 1 heterocycles. The van der Waals surface area contributed by atoms with E-state index in [9.17, 15) is 9.59 Å². The second kappa shape index (κ2) is 4.50. The Morgan fingerprint density at radius 2 is 2.13 bits per heavy atom. The van der Waals surface area contributed by atoms with Gasteiger partial charge in [-0.15, -0.1) is 11.3 Å². The summed E-state index contributed by atoms with van der Waals surface area (Å²) in [5.41, 5.74) is 5.79. The highest BCUT2D eigenvalue weighted by molar-refractivity contribution is 7.16. The maximum absolute atomic E-state index is 11.2. The van der Waals surface area contributed by atoms with Crippen LogP contribution in [0, 0.1) is 6.92 Å². The molecule has 1 rings (SSSR count). The Bertz CT molecular complexity index is 398. The zero-order valence-corrected chi connectivity index (χ0v) is 9.64. The molecule has 82 valence electrons. The minimum absolute atomic E-state index is 0.106. The van der Waals surface area contributed by atoms with Crippen LogP contribution in [0.5, 0.6) is 0 Å². The topological polar surface area (TPSA) is 85.1 Å². The number of carbonyl (C=O) groups is 2. The highest BCUT2D eigenvalue weighted by atomic mass is 32.1. The number of aromatic nitrogens is 1. The number of nitrogens with one attached hydrogen (secondary N) is 1. The van der Waals surface area contributed by atoms with Gasteiger partial charge in [0.2, 0.25) is 5.91 Å². The quantitative estimate of drug-likeness (QED) is 0.752. The van der Waals surface area contributed by atoms with Gasteiger partial charge in [-0.1, -0.05) is 0 Å². The fraction of sp³-hybridized carbons (Fsp3) is 0.444. The van der Waals surface area contributed by atoms with Crippen molar-refractivity contribution in [2.45, 2.75) is 26.8 Å². The molecule has 0 aromatic carbocycles. The van der Waals surface area contributed by atoms with Crippen LogP contribution in [-0.4, -0.2) is 22.7 Å². The van der Waals surface area contributed by atoms with E-state index in [-0.39, 0.29) is 11.7 Å². The average Bonchev–Trinajstić information content (AvgIpc) is 2.46. The maximum atomic E-state index is 11.2. The Balaban J connectivity index is 2.84. The number of thiazole rings is 1. The van der Waals surface area contributed by atoms with Gasteiger partial charge in [0.25, 0.3) is 0 Å². The molecule has 1 aromatic heterocycles. The molecule has 0 saturated heterocycles. The van der Waals surface area contributed by atoms with Crippen LogP contribution in [0.25, 0.3) is 0 Å². The van der Waals surface area contributed by atoms with E-state index in [1.165, 1.54) is 18.3 Å². The van der Waals surface area contributed by atoms with Crippen molar-refractivity contribution in [3.8, 4) is 0 Å². The summed E-state index contributed by atoms with van der Waals surface area (Å²) in [6.45, 7) is 4.82. The molecule has 5 nitrogen and oxygen atoms in total. The number of amides is 1. The summed E-state index contributed by atoms with van der Waals surface area (Å²) in [5.74, 6) is -0.413. The van der Waals surface area contributed by atoms with Crippen LogP contribution in [0.4, 0.5) is 5.13 Å². The van der Waals surface area contributed by atoms with Gasteiger partial charge in [-0.2, -0.15) is 0 Å². The number of hydrogen-bond acceptors (Lipinski definition) is 5. The standard InChI is InChI=1S/C9H13N3O2S/c1-4(10)8(14)12-9-11-7(5(2)13)6(3)15-9/h4H,10H2,1-3H3,(H,11,12,14)/t4-/m1/s1. The average molecular weight is 227 g/mol. The Morgan fingerprint density at radius 1 is 1.53 bits per heavy atom. The predicted octanol–water partition coefficient (Wildman–Crippen LogP) is 0.940. The summed E-state index contributed by atoms with van der Waals surface area (Å²) >= 11 is 1.27. The minimum atomic E-state index is -0.588. The normalized spacial score (nSPS) is 12.3. The number of rotatable bonds is 3. The Morgan fingerprint density at radius 3 is 2.53 bits per heavy atom. The predicted molar refractivity (Wildman–Crippen MR) is 59.1 cm³/mol. The summed E-state index contributed by atoms with van der Waals surface area (Å²) in [6.07, 6.45) is 0. The lowest BCUT2D eigenvalue weighted by atomic mass is 10.3. The van der Waals surface area contributed by atoms with E-state index in [0.29, 0.717) is 10.8 Å². The molecule has 0 aliphatic heterocycles. The van der Waals surface area contributed by atoms with Gasteiger partial charge in [-0.05, 0) is 13.8 Å². The SMILES string of the molecule is CC(=O)c1nc(NC(=O)[C@@H](C)N)sc1C. The van der Waals surface area contributed by atoms with E-state index in [1.54, 1.807) is 13.8 Å². The lowest BCUT2D eigenvalue weighted by molar-refractivity contribution is -0.117. The first-order chi connectivity index (χ1) is 6.91. The monoisotopic (exact) mass is 227 g/mol. The van der Waals surface area contributed by atoms with Crippen LogP contribution < -0.4 is 11.1 Å². The molecule has 0 unspecified atom stereocenters. The molecule has 0 spiro atoms. The summed E-state index contributed by atoms with van der Waals surface area (Å²) in [6, 6.07) is -0.588. The van der Waals surface area contributed by atoms with Gasteiger partial charge in [-0.3, -0.25) is 9.59 Å². The molecular formula is C9H13N3O2S. The van der Waals surface area contributed by atoms with Crippen LogP contribution in [-0.2, 0) is 4.79 Å². The first kappa shape index (κ1) is 11.8. The molecule has 0 fully saturated rings. The first-order valence-corrected chi connectivity index (χ1v) is 5.28. The highest BCUT2D eigenvalue weighted by Crippen LogP contribution is 2.22. The molecule has 0 bridgehead atoms. The fourth-order valence-electron chi connectivity index (χ4n) is 0.996. The van der Waals surface area contributed by atoms with Crippen molar-refractivity contribution in [1.29, 1.82) is 0 Å². The second-order valence-electron chi connectivity index (χ2n) is 3.26. The molecule has 0 aliphatic carbocycles. The van der Waals surface area contributed by atoms with E-state index in [0.717, 1.165) is 4.88 Å². The van der Waals surface area contributed by atoms with Crippen LogP contribution >= 0.6 is 11.3 Å². The van der Waals surface area contributed by atoms with Crippen LogP contribution in [0.15, 0.2) is 0 Å². The Hall–Kier alpha value is -1.27. The molecule has 1 atom stereocenters. The van der Waals surface area contributed by atoms with Crippen molar-refractivity contribution < 1.29 is 9.59 Å². The number of hydrogen-bond donors (Lipinski definition) is 2. The van der Waals surface area contributed by atoms with Gasteiger partial charge in [0, 0.05) is 11.8 Å². The van der Waals surface area contributed by atoms with Crippen molar-refractivity contribution in [3.63, 3.8) is 0 Å². The maximum Gasteiger partial charge on any atom is 0.242 e. The zero-order chi connectivity index (χ0) is 11.6. The zero-order valence-electron chi connectivity index (χ0n) is 8.83. The number of nitrogens with zero attached hydrogens (tertiary/aromatic N) is 1. The van der Waals surface area contributed by atoms with Crippen molar-refractivity contribution in [2.24, 2.45) is 5.73 Å². The third-order valence-electron chi connectivity index (χ3n) is 1.77. The second-order valence-corrected chi connectivity index (χ2v) is 4.46. The lowest BCUT2D eigenvalue weighted by Crippen LogP contribution is -2.32. The van der Waals surface area contributed by atoms with Crippen molar-refractivity contribution in [1.82, 2.24) is 4.98 Å². The molecule has 0 saturated carbocycles. The molecule has 6 heteroatoms. The largest absolute Gasteiger partial charge is 0.320 e. The first-order valence-electron chi connectivity index (χ1n) is 4.46. The highest BCUT2D eigenvalue weighted by Gasteiger charge is 2.14. The van der Waals surface area contributed by atoms with Crippen molar-refractivity contribution >= 4 is 28.2 Å². The minimum Gasteiger partial charge on any atom is -0.320 e. The van der Waals surface area contributed by atoms with E-state index < -0.39 is 6.04 Å². The van der Waals surface area contributed by atoms with Crippen LogP contribution in [0.3, 0.4) is 0 Å². The molecule has 15 heavy (non-hydrogen) atoms. The molecule has 1 amide bonds. The van der Waals surface area contributed by atoms with E-state index in [2.05, 4.69) is 10.3 Å². The molecular weight excluding hydrogens is 214 g/mol. The summed E-state index contributed by atoms with van der Waals surface area (Å²) < 4.78 is 0. The molecule has 1 aromatic rings. The van der Waals surface area contributed by atoms with Gasteiger partial charge in [-0.25, -0.2) is 4.98 Å². The van der Waals surface area contributed by atoms with Crippen molar-refractivity contribution in [2.75, 3.05) is 5.32 Å². The number of nitrogens with two attached hydrogens (primary N) is 1. The van der Waals surface area contributed by atoms with Gasteiger partial charge < -0.3 is 11.1 Å². The van der Waals surface area contributed by atoms with Gasteiger partial charge in [0.1, 0.15) is 5.69 Å². The van der Waals surface area contributed by atoms with Gasteiger partial charge in [0.15, 0.2) is 10.9 Å². The third kappa shape index (κ3) is 2.84. The van der Waals surface area contributed by atoms with E-state index in [4.69, 9.17) is 5.73 Å². The molecule has 3 N–H and O–H groups in total. The van der Waals surface area contributed by atoms with Crippen LogP contribution in [0.2, 0.25) is 0 Å². The summed E-state index contributed by atoms with van der Waals surface area (Å²) in [4.78, 5) is 27.2. The lowest BCUT2D eigenvalue weighted by Gasteiger charge is -2.03. The Labute approximate surface area is 91.7 Å². The smallest absolute Gasteiger partial charge is 0.242 e. The van der Waals surface area contributed by atoms with E-state index in [1.807, 2.05) is 0 Å². The molecule has 0 radical (unpaired) electrons. The van der Waals surface area contributed by atoms with Gasteiger partial charge >= 0.3 is 0 Å². The molecule has 0 aliphatic rings. The number of ketones is 1. The number of Topliss-reactive ketones (excluding diaryl/α,β-unsaturated/α-hetero) is 1. The van der Waals surface area contributed by atoms with Crippen molar-refractivity contribution in [3.05, 3.63) is 10.6 Å².